The van der Waals surface area contributed by atoms with Crippen LogP contribution in [0.1, 0.15) is 5.56 Å². The highest BCUT2D eigenvalue weighted by Crippen LogP contribution is 2.13. The third-order valence-corrected chi connectivity index (χ3v) is 4.10. The van der Waals surface area contributed by atoms with E-state index in [0.717, 1.165) is 25.7 Å². The van der Waals surface area contributed by atoms with Crippen LogP contribution in [0.25, 0.3) is 0 Å². The van der Waals surface area contributed by atoms with Gasteiger partial charge in [0.2, 0.25) is 5.88 Å². The molecule has 2 fully saturated rings. The van der Waals surface area contributed by atoms with Crippen LogP contribution in [-0.4, -0.2) is 67.2 Å². The lowest BCUT2D eigenvalue weighted by molar-refractivity contribution is 0.0695. The number of nitrogens with zero attached hydrogens (tertiary/aromatic N) is 3. The van der Waals surface area contributed by atoms with Gasteiger partial charge < -0.3 is 10.1 Å². The molecule has 2 aliphatic heterocycles. The summed E-state index contributed by atoms with van der Waals surface area (Å²) in [6, 6.07) is 4.82. The zero-order chi connectivity index (χ0) is 13.1. The maximum Gasteiger partial charge on any atom is 0.212 e. The van der Waals surface area contributed by atoms with Crippen molar-refractivity contribution in [1.29, 1.82) is 0 Å². The summed E-state index contributed by atoms with van der Waals surface area (Å²) in [6.45, 7) is 8.02. The van der Waals surface area contributed by atoms with Crippen LogP contribution in [0.15, 0.2) is 18.3 Å². The van der Waals surface area contributed by atoms with Crippen LogP contribution in [0.3, 0.4) is 0 Å². The summed E-state index contributed by atoms with van der Waals surface area (Å²) in [6.07, 6.45) is 1.92. The molecule has 0 aliphatic carbocycles. The van der Waals surface area contributed by atoms with E-state index in [2.05, 4.69) is 26.2 Å². The van der Waals surface area contributed by atoms with E-state index in [1.54, 1.807) is 7.11 Å². The number of ether oxygens (including phenoxy) is 1. The van der Waals surface area contributed by atoms with Gasteiger partial charge in [0, 0.05) is 64.1 Å². The highest BCUT2D eigenvalue weighted by Gasteiger charge is 2.27. The molecule has 0 amide bonds. The average Bonchev–Trinajstić information content (AvgIpc) is 2.40. The predicted molar refractivity (Wildman–Crippen MR) is 74.3 cm³/mol. The summed E-state index contributed by atoms with van der Waals surface area (Å²) in [7, 11) is 1.65. The first-order valence-corrected chi connectivity index (χ1v) is 7.01. The molecule has 104 valence electrons. The van der Waals surface area contributed by atoms with Crippen LogP contribution in [0.2, 0.25) is 0 Å². The van der Waals surface area contributed by atoms with Gasteiger partial charge in [-0.25, -0.2) is 4.98 Å². The first-order chi connectivity index (χ1) is 9.35. The Bertz CT molecular complexity index is 396. The normalized spacial score (nSPS) is 22.2. The van der Waals surface area contributed by atoms with E-state index in [0.29, 0.717) is 5.88 Å². The highest BCUT2D eigenvalue weighted by atomic mass is 16.5. The van der Waals surface area contributed by atoms with Gasteiger partial charge in [-0.05, 0) is 5.56 Å². The number of methoxy groups -OCH3 is 1. The largest absolute Gasteiger partial charge is 0.481 e. The molecule has 0 bridgehead atoms. The zero-order valence-corrected chi connectivity index (χ0v) is 11.5. The van der Waals surface area contributed by atoms with Gasteiger partial charge in [0.15, 0.2) is 0 Å². The average molecular weight is 262 g/mol. The molecule has 19 heavy (non-hydrogen) atoms. The van der Waals surface area contributed by atoms with Crippen molar-refractivity contribution in [1.82, 2.24) is 20.1 Å². The summed E-state index contributed by atoms with van der Waals surface area (Å²) in [5.41, 5.74) is 1.26. The fourth-order valence-corrected chi connectivity index (χ4v) is 2.70. The zero-order valence-electron chi connectivity index (χ0n) is 11.5. The minimum absolute atomic E-state index is 0.686. The van der Waals surface area contributed by atoms with Crippen LogP contribution < -0.4 is 10.1 Å². The Labute approximate surface area is 114 Å². The second-order valence-electron chi connectivity index (χ2n) is 5.33. The van der Waals surface area contributed by atoms with Crippen molar-refractivity contribution in [2.45, 2.75) is 12.6 Å². The lowest BCUT2D eigenvalue weighted by Gasteiger charge is -2.43. The number of hydrogen-bond acceptors (Lipinski definition) is 5. The standard InChI is InChI=1S/C14H22N4O/c1-19-14-3-2-12(8-16-14)11-17-4-6-18(7-5-17)13-9-15-10-13/h2-3,8,13,15H,4-7,9-11H2,1H3. The number of rotatable bonds is 4. The molecular formula is C14H22N4O. The fraction of sp³-hybridized carbons (Fsp3) is 0.643. The molecule has 0 radical (unpaired) electrons. The monoisotopic (exact) mass is 262 g/mol. The minimum atomic E-state index is 0.686. The molecule has 5 nitrogen and oxygen atoms in total. The van der Waals surface area contributed by atoms with Gasteiger partial charge in [0.05, 0.1) is 7.11 Å². The van der Waals surface area contributed by atoms with Crippen molar-refractivity contribution in [2.75, 3.05) is 46.4 Å². The number of pyridine rings is 1. The Morgan fingerprint density at radius 3 is 2.58 bits per heavy atom. The van der Waals surface area contributed by atoms with E-state index in [4.69, 9.17) is 4.74 Å². The third kappa shape index (κ3) is 3.05. The summed E-state index contributed by atoms with van der Waals surface area (Å²) >= 11 is 0. The van der Waals surface area contributed by atoms with E-state index in [9.17, 15) is 0 Å². The van der Waals surface area contributed by atoms with Gasteiger partial charge >= 0.3 is 0 Å². The highest BCUT2D eigenvalue weighted by molar-refractivity contribution is 5.17. The number of piperazine rings is 1. The fourth-order valence-electron chi connectivity index (χ4n) is 2.70. The van der Waals surface area contributed by atoms with Gasteiger partial charge in [0.1, 0.15) is 0 Å². The first kappa shape index (κ1) is 12.8. The van der Waals surface area contributed by atoms with Gasteiger partial charge in [-0.2, -0.15) is 0 Å². The topological polar surface area (TPSA) is 40.6 Å². The Hall–Kier alpha value is -1.17. The van der Waals surface area contributed by atoms with Crippen molar-refractivity contribution < 1.29 is 4.74 Å². The number of nitrogens with one attached hydrogen (secondary N) is 1. The van der Waals surface area contributed by atoms with E-state index in [-0.39, 0.29) is 0 Å². The van der Waals surface area contributed by atoms with Crippen LogP contribution >= 0.6 is 0 Å². The molecule has 0 spiro atoms. The van der Waals surface area contributed by atoms with Gasteiger partial charge in [-0.1, -0.05) is 6.07 Å². The van der Waals surface area contributed by atoms with Crippen molar-refractivity contribution >= 4 is 0 Å². The molecule has 0 unspecified atom stereocenters. The summed E-state index contributed by atoms with van der Waals surface area (Å²) in [4.78, 5) is 9.38. The van der Waals surface area contributed by atoms with Gasteiger partial charge in [-0.15, -0.1) is 0 Å². The van der Waals surface area contributed by atoms with E-state index in [1.807, 2.05) is 12.3 Å². The molecule has 2 aliphatic rings. The van der Waals surface area contributed by atoms with Crippen LogP contribution in [0, 0.1) is 0 Å². The van der Waals surface area contributed by atoms with E-state index < -0.39 is 0 Å². The molecule has 0 saturated carbocycles. The summed E-state index contributed by atoms with van der Waals surface area (Å²) in [5.74, 6) is 0.686. The van der Waals surface area contributed by atoms with E-state index in [1.165, 1.54) is 31.7 Å². The Balaban J connectivity index is 1.48. The maximum atomic E-state index is 5.08. The van der Waals surface area contributed by atoms with Crippen molar-refractivity contribution in [3.8, 4) is 5.88 Å². The third-order valence-electron chi connectivity index (χ3n) is 4.10. The molecular weight excluding hydrogens is 240 g/mol. The lowest BCUT2D eigenvalue weighted by Crippen LogP contribution is -2.61. The molecule has 1 aromatic heterocycles. The molecule has 5 heteroatoms. The maximum absolute atomic E-state index is 5.08. The summed E-state index contributed by atoms with van der Waals surface area (Å²) < 4.78 is 5.08. The molecule has 0 atom stereocenters. The Kier molecular flexibility index (Phi) is 3.96. The molecule has 1 aromatic rings. The Morgan fingerprint density at radius 1 is 1.26 bits per heavy atom. The minimum Gasteiger partial charge on any atom is -0.481 e. The first-order valence-electron chi connectivity index (χ1n) is 7.01. The molecule has 2 saturated heterocycles. The number of hydrogen-bond donors (Lipinski definition) is 1. The van der Waals surface area contributed by atoms with Crippen molar-refractivity contribution in [2.24, 2.45) is 0 Å². The molecule has 0 aromatic carbocycles. The molecule has 3 heterocycles. The second-order valence-corrected chi connectivity index (χ2v) is 5.33. The van der Waals surface area contributed by atoms with Crippen molar-refractivity contribution in [3.05, 3.63) is 23.9 Å². The van der Waals surface area contributed by atoms with Crippen LogP contribution in [0.5, 0.6) is 5.88 Å². The predicted octanol–water partition coefficient (Wildman–Crippen LogP) is 0.180. The smallest absolute Gasteiger partial charge is 0.212 e. The van der Waals surface area contributed by atoms with Crippen LogP contribution in [0.4, 0.5) is 0 Å². The van der Waals surface area contributed by atoms with E-state index >= 15 is 0 Å². The van der Waals surface area contributed by atoms with Crippen molar-refractivity contribution in [3.63, 3.8) is 0 Å². The summed E-state index contributed by atoms with van der Waals surface area (Å²) in [5, 5.41) is 3.34. The molecule has 3 rings (SSSR count). The van der Waals surface area contributed by atoms with Crippen LogP contribution in [-0.2, 0) is 6.54 Å². The van der Waals surface area contributed by atoms with Gasteiger partial charge in [-0.3, -0.25) is 9.80 Å². The second kappa shape index (κ2) is 5.86. The SMILES string of the molecule is COc1ccc(CN2CCN(C3CNC3)CC2)cn1. The van der Waals surface area contributed by atoms with Gasteiger partial charge in [0.25, 0.3) is 0 Å². The molecule has 1 N–H and O–H groups in total. The number of aromatic nitrogens is 1. The lowest BCUT2D eigenvalue weighted by atomic mass is 10.1. The quantitative estimate of drug-likeness (QED) is 0.838. The Morgan fingerprint density at radius 2 is 2.05 bits per heavy atom.